The molecule has 0 amide bonds. The standard InChI is InChI=1S/C13H16F2N2O4/c1-20-8-10-7-16(4-5-21-10)11-3-2-9(13(14)15)6-12(11)17(18)19/h2-3,6,10,13H,4-5,7-8H2,1H3/t10-/m0/s1. The fourth-order valence-electron chi connectivity index (χ4n) is 2.31. The lowest BCUT2D eigenvalue weighted by atomic mass is 10.1. The lowest BCUT2D eigenvalue weighted by Gasteiger charge is -2.33. The van der Waals surface area contributed by atoms with Gasteiger partial charge in [0.05, 0.1) is 24.2 Å². The Balaban J connectivity index is 2.27. The second kappa shape index (κ2) is 6.77. The van der Waals surface area contributed by atoms with Crippen molar-refractivity contribution >= 4 is 11.4 Å². The normalized spacial score (nSPS) is 19.0. The maximum atomic E-state index is 12.7. The number of alkyl halides is 2. The first-order chi connectivity index (χ1) is 10.0. The maximum Gasteiger partial charge on any atom is 0.293 e. The molecular weight excluding hydrogens is 286 g/mol. The zero-order chi connectivity index (χ0) is 15.4. The highest BCUT2D eigenvalue weighted by Crippen LogP contribution is 2.33. The van der Waals surface area contributed by atoms with Crippen LogP contribution >= 0.6 is 0 Å². The SMILES string of the molecule is COC[C@@H]1CN(c2ccc(C(F)F)cc2[N+](=O)[O-])CCO1. The Hall–Kier alpha value is -1.80. The fraction of sp³-hybridized carbons (Fsp3) is 0.538. The lowest BCUT2D eigenvalue weighted by Crippen LogP contribution is -2.44. The molecule has 0 aliphatic carbocycles. The number of benzene rings is 1. The average Bonchev–Trinajstić information content (AvgIpc) is 2.47. The molecule has 8 heteroatoms. The van der Waals surface area contributed by atoms with E-state index in [1.165, 1.54) is 12.1 Å². The quantitative estimate of drug-likeness (QED) is 0.617. The Morgan fingerprint density at radius 1 is 1.57 bits per heavy atom. The smallest absolute Gasteiger partial charge is 0.293 e. The second-order valence-corrected chi connectivity index (χ2v) is 4.70. The highest BCUT2D eigenvalue weighted by atomic mass is 19.3. The molecule has 1 aliphatic rings. The molecule has 1 aliphatic heterocycles. The monoisotopic (exact) mass is 302 g/mol. The van der Waals surface area contributed by atoms with Crippen LogP contribution in [0.15, 0.2) is 18.2 Å². The van der Waals surface area contributed by atoms with Gasteiger partial charge >= 0.3 is 0 Å². The van der Waals surface area contributed by atoms with Gasteiger partial charge in [-0.25, -0.2) is 8.78 Å². The van der Waals surface area contributed by atoms with Crippen molar-refractivity contribution in [3.63, 3.8) is 0 Å². The number of morpholine rings is 1. The van der Waals surface area contributed by atoms with E-state index in [9.17, 15) is 18.9 Å². The van der Waals surface area contributed by atoms with Crippen molar-refractivity contribution in [2.24, 2.45) is 0 Å². The van der Waals surface area contributed by atoms with Crippen LogP contribution < -0.4 is 4.90 Å². The van der Waals surface area contributed by atoms with E-state index < -0.39 is 11.3 Å². The predicted octanol–water partition coefficient (Wildman–Crippen LogP) is 2.38. The van der Waals surface area contributed by atoms with Gasteiger partial charge in [-0.15, -0.1) is 0 Å². The summed E-state index contributed by atoms with van der Waals surface area (Å²) >= 11 is 0. The maximum absolute atomic E-state index is 12.7. The van der Waals surface area contributed by atoms with Gasteiger partial charge < -0.3 is 14.4 Å². The number of ether oxygens (including phenoxy) is 2. The minimum Gasteiger partial charge on any atom is -0.382 e. The molecule has 0 spiro atoms. The summed E-state index contributed by atoms with van der Waals surface area (Å²) in [6.07, 6.45) is -2.93. The van der Waals surface area contributed by atoms with Gasteiger partial charge in [0.15, 0.2) is 0 Å². The van der Waals surface area contributed by atoms with Crippen LogP contribution in [0.5, 0.6) is 0 Å². The molecule has 0 radical (unpaired) electrons. The van der Waals surface area contributed by atoms with E-state index in [0.29, 0.717) is 32.0 Å². The van der Waals surface area contributed by atoms with Crippen LogP contribution in [-0.2, 0) is 9.47 Å². The molecule has 0 unspecified atom stereocenters. The van der Waals surface area contributed by atoms with Gasteiger partial charge in [0, 0.05) is 31.8 Å². The van der Waals surface area contributed by atoms with Crippen molar-refractivity contribution in [1.29, 1.82) is 0 Å². The molecule has 1 aromatic carbocycles. The minimum absolute atomic E-state index is 0.196. The van der Waals surface area contributed by atoms with Gasteiger partial charge in [-0.1, -0.05) is 6.07 Å². The first-order valence-corrected chi connectivity index (χ1v) is 6.45. The van der Waals surface area contributed by atoms with Crippen LogP contribution in [-0.4, -0.2) is 44.4 Å². The second-order valence-electron chi connectivity index (χ2n) is 4.70. The summed E-state index contributed by atoms with van der Waals surface area (Å²) in [6, 6.07) is 3.52. The van der Waals surface area contributed by atoms with Crippen LogP contribution in [0.25, 0.3) is 0 Å². The molecule has 1 saturated heterocycles. The molecule has 116 valence electrons. The van der Waals surface area contributed by atoms with E-state index in [1.807, 2.05) is 0 Å². The topological polar surface area (TPSA) is 64.8 Å². The third-order valence-corrected chi connectivity index (χ3v) is 3.28. The highest BCUT2D eigenvalue weighted by Gasteiger charge is 2.27. The van der Waals surface area contributed by atoms with Gasteiger partial charge in [-0.3, -0.25) is 10.1 Å². The number of nitro groups is 1. The van der Waals surface area contributed by atoms with Crippen LogP contribution in [0, 0.1) is 10.1 Å². The third-order valence-electron chi connectivity index (χ3n) is 3.28. The molecule has 1 fully saturated rings. The Morgan fingerprint density at radius 3 is 2.95 bits per heavy atom. The van der Waals surface area contributed by atoms with Crippen molar-refractivity contribution in [3.8, 4) is 0 Å². The number of rotatable bonds is 5. The van der Waals surface area contributed by atoms with Crippen LogP contribution in [0.3, 0.4) is 0 Å². The summed E-state index contributed by atoms with van der Waals surface area (Å²) in [5, 5.41) is 11.1. The fourth-order valence-corrected chi connectivity index (χ4v) is 2.31. The molecule has 0 saturated carbocycles. The van der Waals surface area contributed by atoms with E-state index in [1.54, 1.807) is 12.0 Å². The van der Waals surface area contributed by atoms with E-state index >= 15 is 0 Å². The van der Waals surface area contributed by atoms with E-state index in [2.05, 4.69) is 0 Å². The molecule has 0 aromatic heterocycles. The van der Waals surface area contributed by atoms with E-state index in [4.69, 9.17) is 9.47 Å². The molecule has 1 atom stereocenters. The number of halogens is 2. The van der Waals surface area contributed by atoms with Crippen molar-refractivity contribution < 1.29 is 23.2 Å². The number of hydrogen-bond donors (Lipinski definition) is 0. The Kier molecular flexibility index (Phi) is 5.03. The summed E-state index contributed by atoms with van der Waals surface area (Å²) in [5.41, 5.74) is -0.341. The van der Waals surface area contributed by atoms with E-state index in [-0.39, 0.29) is 17.4 Å². The molecule has 1 heterocycles. The van der Waals surface area contributed by atoms with Crippen molar-refractivity contribution in [2.45, 2.75) is 12.5 Å². The van der Waals surface area contributed by atoms with Crippen molar-refractivity contribution in [2.75, 3.05) is 38.3 Å². The zero-order valence-corrected chi connectivity index (χ0v) is 11.5. The average molecular weight is 302 g/mol. The van der Waals surface area contributed by atoms with E-state index in [0.717, 1.165) is 6.07 Å². The van der Waals surface area contributed by atoms with Gasteiger partial charge in [0.25, 0.3) is 12.1 Å². The molecule has 1 aromatic rings. The van der Waals surface area contributed by atoms with Crippen molar-refractivity contribution in [1.82, 2.24) is 0 Å². The van der Waals surface area contributed by atoms with Gasteiger partial charge in [0.2, 0.25) is 0 Å². The molecule has 6 nitrogen and oxygen atoms in total. The lowest BCUT2D eigenvalue weighted by molar-refractivity contribution is -0.384. The van der Waals surface area contributed by atoms with Crippen LogP contribution in [0.2, 0.25) is 0 Å². The number of nitro benzene ring substituents is 1. The summed E-state index contributed by atoms with van der Waals surface area (Å²) in [7, 11) is 1.54. The zero-order valence-electron chi connectivity index (χ0n) is 11.5. The summed E-state index contributed by atoms with van der Waals surface area (Å²) in [6.45, 7) is 1.67. The molecule has 2 rings (SSSR count). The summed E-state index contributed by atoms with van der Waals surface area (Å²) in [5.74, 6) is 0. The Labute approximate surface area is 120 Å². The third kappa shape index (κ3) is 3.64. The minimum atomic E-state index is -2.73. The van der Waals surface area contributed by atoms with Crippen molar-refractivity contribution in [3.05, 3.63) is 33.9 Å². The first kappa shape index (κ1) is 15.6. The number of anilines is 1. The number of nitrogens with zero attached hydrogens (tertiary/aromatic N) is 2. The van der Waals surface area contributed by atoms with Gasteiger partial charge in [-0.2, -0.15) is 0 Å². The summed E-state index contributed by atoms with van der Waals surface area (Å²) in [4.78, 5) is 12.3. The largest absolute Gasteiger partial charge is 0.382 e. The first-order valence-electron chi connectivity index (χ1n) is 6.45. The molecular formula is C13H16F2N2O4. The van der Waals surface area contributed by atoms with Crippen LogP contribution in [0.1, 0.15) is 12.0 Å². The number of hydrogen-bond acceptors (Lipinski definition) is 5. The molecule has 0 bridgehead atoms. The molecule has 21 heavy (non-hydrogen) atoms. The predicted molar refractivity (Wildman–Crippen MR) is 71.9 cm³/mol. The van der Waals surface area contributed by atoms with Gasteiger partial charge in [-0.05, 0) is 6.07 Å². The highest BCUT2D eigenvalue weighted by molar-refractivity contribution is 5.64. The number of methoxy groups -OCH3 is 1. The summed E-state index contributed by atoms with van der Waals surface area (Å²) < 4.78 is 35.8. The molecule has 0 N–H and O–H groups in total. The van der Waals surface area contributed by atoms with Gasteiger partial charge in [0.1, 0.15) is 5.69 Å². The van der Waals surface area contributed by atoms with Crippen LogP contribution in [0.4, 0.5) is 20.2 Å². The Morgan fingerprint density at radius 2 is 2.33 bits per heavy atom. The Bertz CT molecular complexity index is 511.